The molecular formula is C15H16N2O. The fourth-order valence-corrected chi connectivity index (χ4v) is 2.75. The number of anilines is 1. The van der Waals surface area contributed by atoms with Gasteiger partial charge >= 0.3 is 0 Å². The number of aliphatic hydroxyl groups excluding tert-OH is 1. The maximum Gasteiger partial charge on any atom is 0.129 e. The highest BCUT2D eigenvalue weighted by atomic mass is 16.3. The average Bonchev–Trinajstić information content (AvgIpc) is 2.82. The summed E-state index contributed by atoms with van der Waals surface area (Å²) in [6.45, 7) is 0. The van der Waals surface area contributed by atoms with Crippen molar-refractivity contribution in [2.24, 2.45) is 5.92 Å². The van der Waals surface area contributed by atoms with Crippen molar-refractivity contribution in [2.45, 2.75) is 18.9 Å². The van der Waals surface area contributed by atoms with Gasteiger partial charge in [-0.15, -0.1) is 0 Å². The van der Waals surface area contributed by atoms with E-state index in [1.54, 1.807) is 6.20 Å². The van der Waals surface area contributed by atoms with Gasteiger partial charge in [-0.2, -0.15) is 0 Å². The molecule has 0 aliphatic heterocycles. The van der Waals surface area contributed by atoms with Crippen LogP contribution in [0.3, 0.4) is 0 Å². The van der Waals surface area contributed by atoms with Gasteiger partial charge in [-0.1, -0.05) is 30.3 Å². The summed E-state index contributed by atoms with van der Waals surface area (Å²) < 4.78 is 0. The summed E-state index contributed by atoms with van der Waals surface area (Å²) in [4.78, 5) is 4.04. The second kappa shape index (κ2) is 4.42. The third-order valence-electron chi connectivity index (χ3n) is 3.72. The molecule has 1 atom stereocenters. The van der Waals surface area contributed by atoms with Gasteiger partial charge in [0.05, 0.1) is 6.10 Å². The summed E-state index contributed by atoms with van der Waals surface area (Å²) in [7, 11) is 0. The zero-order valence-corrected chi connectivity index (χ0v) is 10.1. The number of nitrogens with zero attached hydrogens (tertiary/aromatic N) is 1. The van der Waals surface area contributed by atoms with Crippen LogP contribution in [-0.2, 0) is 12.8 Å². The van der Waals surface area contributed by atoms with Crippen molar-refractivity contribution < 1.29 is 5.11 Å². The number of fused-ring (bicyclic) bond motifs is 1. The minimum atomic E-state index is -0.536. The average molecular weight is 240 g/mol. The number of nitrogen functional groups attached to an aromatic ring is 1. The van der Waals surface area contributed by atoms with E-state index in [1.807, 2.05) is 24.3 Å². The first-order valence-electron chi connectivity index (χ1n) is 6.21. The second-order valence-corrected chi connectivity index (χ2v) is 4.86. The Hall–Kier alpha value is -1.87. The third kappa shape index (κ3) is 1.87. The van der Waals surface area contributed by atoms with E-state index in [9.17, 15) is 5.11 Å². The van der Waals surface area contributed by atoms with E-state index in [-0.39, 0.29) is 5.92 Å². The normalized spacial score (nSPS) is 16.5. The zero-order chi connectivity index (χ0) is 12.5. The molecule has 0 bridgehead atoms. The van der Waals surface area contributed by atoms with E-state index in [0.29, 0.717) is 5.82 Å². The molecule has 3 nitrogen and oxygen atoms in total. The molecule has 0 amide bonds. The van der Waals surface area contributed by atoms with Gasteiger partial charge in [0.15, 0.2) is 0 Å². The first kappa shape index (κ1) is 11.2. The lowest BCUT2D eigenvalue weighted by Crippen LogP contribution is -2.15. The summed E-state index contributed by atoms with van der Waals surface area (Å²) in [5.74, 6) is 0.634. The molecular weight excluding hydrogens is 224 g/mol. The van der Waals surface area contributed by atoms with Crippen LogP contribution in [0.1, 0.15) is 22.8 Å². The Labute approximate surface area is 106 Å². The van der Waals surface area contributed by atoms with E-state index in [0.717, 1.165) is 18.4 Å². The Bertz CT molecular complexity index is 543. The number of benzene rings is 1. The van der Waals surface area contributed by atoms with Crippen LogP contribution in [0.15, 0.2) is 42.6 Å². The predicted octanol–water partition coefficient (Wildman–Crippen LogP) is 2.11. The van der Waals surface area contributed by atoms with Crippen molar-refractivity contribution >= 4 is 5.82 Å². The Balaban J connectivity index is 1.85. The third-order valence-corrected chi connectivity index (χ3v) is 3.72. The molecule has 1 heterocycles. The van der Waals surface area contributed by atoms with E-state index in [1.165, 1.54) is 11.1 Å². The topological polar surface area (TPSA) is 59.1 Å². The number of aliphatic hydroxyl groups is 1. The first-order valence-corrected chi connectivity index (χ1v) is 6.21. The molecule has 3 heteroatoms. The molecule has 0 fully saturated rings. The number of pyridine rings is 1. The molecule has 18 heavy (non-hydrogen) atoms. The lowest BCUT2D eigenvalue weighted by atomic mass is 9.93. The van der Waals surface area contributed by atoms with Crippen molar-refractivity contribution in [3.8, 4) is 0 Å². The maximum absolute atomic E-state index is 10.5. The van der Waals surface area contributed by atoms with E-state index < -0.39 is 6.10 Å². The van der Waals surface area contributed by atoms with Gasteiger partial charge in [-0.25, -0.2) is 4.98 Å². The Morgan fingerprint density at radius 1 is 1.11 bits per heavy atom. The molecule has 1 unspecified atom stereocenters. The highest BCUT2D eigenvalue weighted by Crippen LogP contribution is 2.36. The van der Waals surface area contributed by atoms with Crippen molar-refractivity contribution in [1.82, 2.24) is 4.98 Å². The summed E-state index contributed by atoms with van der Waals surface area (Å²) >= 11 is 0. The largest absolute Gasteiger partial charge is 0.388 e. The van der Waals surface area contributed by atoms with Crippen LogP contribution in [0.2, 0.25) is 0 Å². The highest BCUT2D eigenvalue weighted by molar-refractivity contribution is 5.42. The van der Waals surface area contributed by atoms with E-state index in [2.05, 4.69) is 17.1 Å². The molecule has 3 rings (SSSR count). The van der Waals surface area contributed by atoms with Gasteiger partial charge in [0, 0.05) is 11.8 Å². The zero-order valence-electron chi connectivity index (χ0n) is 10.1. The van der Waals surface area contributed by atoms with Crippen LogP contribution < -0.4 is 5.73 Å². The molecule has 0 saturated carbocycles. The van der Waals surface area contributed by atoms with Crippen molar-refractivity contribution in [1.29, 1.82) is 0 Å². The van der Waals surface area contributed by atoms with Crippen LogP contribution in [0, 0.1) is 5.92 Å². The van der Waals surface area contributed by atoms with Crippen molar-refractivity contribution in [3.63, 3.8) is 0 Å². The highest BCUT2D eigenvalue weighted by Gasteiger charge is 2.29. The lowest BCUT2D eigenvalue weighted by molar-refractivity contribution is 0.114. The predicted molar refractivity (Wildman–Crippen MR) is 70.9 cm³/mol. The van der Waals surface area contributed by atoms with Crippen molar-refractivity contribution in [2.75, 3.05) is 5.73 Å². The minimum Gasteiger partial charge on any atom is -0.388 e. The van der Waals surface area contributed by atoms with E-state index in [4.69, 9.17) is 5.73 Å². The Morgan fingerprint density at radius 2 is 1.78 bits per heavy atom. The fourth-order valence-electron chi connectivity index (χ4n) is 2.75. The molecule has 0 saturated heterocycles. The second-order valence-electron chi connectivity index (χ2n) is 4.86. The molecule has 0 radical (unpaired) electrons. The van der Waals surface area contributed by atoms with Crippen LogP contribution in [0.25, 0.3) is 0 Å². The van der Waals surface area contributed by atoms with Crippen LogP contribution >= 0.6 is 0 Å². The van der Waals surface area contributed by atoms with Gasteiger partial charge in [-0.05, 0) is 36.0 Å². The van der Waals surface area contributed by atoms with Gasteiger partial charge in [-0.3, -0.25) is 0 Å². The van der Waals surface area contributed by atoms with Crippen LogP contribution in [0.5, 0.6) is 0 Å². The van der Waals surface area contributed by atoms with Gasteiger partial charge < -0.3 is 10.8 Å². The quantitative estimate of drug-likeness (QED) is 0.845. The summed E-state index contributed by atoms with van der Waals surface area (Å²) in [6.07, 6.45) is 2.93. The van der Waals surface area contributed by atoms with Crippen LogP contribution in [0.4, 0.5) is 5.82 Å². The lowest BCUT2D eigenvalue weighted by Gasteiger charge is -2.18. The first-order chi connectivity index (χ1) is 8.75. The van der Waals surface area contributed by atoms with E-state index >= 15 is 0 Å². The SMILES string of the molecule is Nc1ncccc1C(O)C1Cc2ccccc2C1. The van der Waals surface area contributed by atoms with Crippen molar-refractivity contribution in [3.05, 3.63) is 59.3 Å². The summed E-state index contributed by atoms with van der Waals surface area (Å²) in [5.41, 5.74) is 9.24. The monoisotopic (exact) mass is 240 g/mol. The number of rotatable bonds is 2. The summed E-state index contributed by atoms with van der Waals surface area (Å²) in [6, 6.07) is 12.0. The summed E-state index contributed by atoms with van der Waals surface area (Å²) in [5, 5.41) is 10.5. The minimum absolute atomic E-state index is 0.203. The molecule has 3 N–H and O–H groups in total. The number of hydrogen-bond donors (Lipinski definition) is 2. The Kier molecular flexibility index (Phi) is 2.76. The molecule has 1 aromatic heterocycles. The molecule has 1 aromatic carbocycles. The molecule has 1 aliphatic carbocycles. The Morgan fingerprint density at radius 3 is 2.39 bits per heavy atom. The molecule has 2 aromatic rings. The number of hydrogen-bond acceptors (Lipinski definition) is 3. The standard InChI is InChI=1S/C15H16N2O/c16-15-13(6-3-7-17-15)14(18)12-8-10-4-1-2-5-11(10)9-12/h1-7,12,14,18H,8-9H2,(H2,16,17). The van der Waals surface area contributed by atoms with Gasteiger partial charge in [0.1, 0.15) is 5.82 Å². The number of nitrogens with two attached hydrogens (primary N) is 1. The fraction of sp³-hybridized carbons (Fsp3) is 0.267. The maximum atomic E-state index is 10.5. The number of aromatic nitrogens is 1. The van der Waals surface area contributed by atoms with Gasteiger partial charge in [0.25, 0.3) is 0 Å². The molecule has 92 valence electrons. The van der Waals surface area contributed by atoms with Gasteiger partial charge in [0.2, 0.25) is 0 Å². The molecule has 0 spiro atoms. The molecule has 1 aliphatic rings. The smallest absolute Gasteiger partial charge is 0.129 e. The van der Waals surface area contributed by atoms with Crippen LogP contribution in [-0.4, -0.2) is 10.1 Å².